The molecule has 0 aromatic heterocycles. The fraction of sp³-hybridized carbons (Fsp3) is 0.167. The SMILES string of the molecule is C/C(=C\C(c1cccc(C)c1)c1cccc(Cl)c1)C(=O)O. The molecular weight excluding hydrogens is 284 g/mol. The first-order valence-corrected chi connectivity index (χ1v) is 7.09. The van der Waals surface area contributed by atoms with Crippen molar-refractivity contribution >= 4 is 17.6 Å². The van der Waals surface area contributed by atoms with Gasteiger partial charge >= 0.3 is 5.97 Å². The van der Waals surface area contributed by atoms with Crippen molar-refractivity contribution in [2.24, 2.45) is 0 Å². The molecule has 0 radical (unpaired) electrons. The van der Waals surface area contributed by atoms with E-state index < -0.39 is 5.97 Å². The zero-order valence-corrected chi connectivity index (χ0v) is 12.8. The quantitative estimate of drug-likeness (QED) is 0.823. The first-order chi connectivity index (χ1) is 9.97. The third-order valence-electron chi connectivity index (χ3n) is 3.36. The summed E-state index contributed by atoms with van der Waals surface area (Å²) in [7, 11) is 0. The van der Waals surface area contributed by atoms with Gasteiger partial charge in [0.05, 0.1) is 0 Å². The molecule has 0 amide bonds. The summed E-state index contributed by atoms with van der Waals surface area (Å²) in [5.74, 6) is -1.03. The second-order valence-electron chi connectivity index (χ2n) is 5.10. The highest BCUT2D eigenvalue weighted by Crippen LogP contribution is 2.29. The molecule has 1 atom stereocenters. The number of benzene rings is 2. The van der Waals surface area contributed by atoms with Crippen LogP contribution >= 0.6 is 11.6 Å². The predicted molar refractivity (Wildman–Crippen MR) is 85.9 cm³/mol. The van der Waals surface area contributed by atoms with E-state index in [9.17, 15) is 4.79 Å². The first kappa shape index (κ1) is 15.3. The van der Waals surface area contributed by atoms with Crippen LogP contribution in [0.5, 0.6) is 0 Å². The minimum atomic E-state index is -0.908. The van der Waals surface area contributed by atoms with Crippen LogP contribution in [0.4, 0.5) is 0 Å². The number of hydrogen-bond acceptors (Lipinski definition) is 1. The van der Waals surface area contributed by atoms with Gasteiger partial charge in [-0.25, -0.2) is 4.79 Å². The number of aryl methyl sites for hydroxylation is 1. The van der Waals surface area contributed by atoms with Crippen molar-refractivity contribution in [1.82, 2.24) is 0 Å². The van der Waals surface area contributed by atoms with Gasteiger partial charge in [-0.05, 0) is 37.1 Å². The predicted octanol–water partition coefficient (Wildman–Crippen LogP) is 4.81. The number of carboxylic acid groups (broad SMARTS) is 1. The molecule has 108 valence electrons. The van der Waals surface area contributed by atoms with Crippen LogP contribution in [0.1, 0.15) is 29.5 Å². The van der Waals surface area contributed by atoms with Crippen molar-refractivity contribution in [2.75, 3.05) is 0 Å². The highest BCUT2D eigenvalue weighted by molar-refractivity contribution is 6.30. The smallest absolute Gasteiger partial charge is 0.330 e. The second-order valence-corrected chi connectivity index (χ2v) is 5.54. The standard InChI is InChI=1S/C18H17ClO2/c1-12-5-3-6-14(9-12)17(10-13(2)18(20)21)15-7-4-8-16(19)11-15/h3-11,17H,1-2H3,(H,20,21)/b13-10+. The van der Waals surface area contributed by atoms with Gasteiger partial charge < -0.3 is 5.11 Å². The Bertz CT molecular complexity index is 644. The Morgan fingerprint density at radius 1 is 1.14 bits per heavy atom. The highest BCUT2D eigenvalue weighted by Gasteiger charge is 2.14. The molecule has 1 unspecified atom stereocenters. The fourth-order valence-corrected chi connectivity index (χ4v) is 2.47. The zero-order valence-electron chi connectivity index (χ0n) is 12.0. The third-order valence-corrected chi connectivity index (χ3v) is 3.60. The lowest BCUT2D eigenvalue weighted by molar-refractivity contribution is -0.132. The largest absolute Gasteiger partial charge is 0.478 e. The summed E-state index contributed by atoms with van der Waals surface area (Å²) >= 11 is 6.07. The van der Waals surface area contributed by atoms with Gasteiger partial charge in [-0.3, -0.25) is 0 Å². The van der Waals surface area contributed by atoms with Crippen molar-refractivity contribution in [1.29, 1.82) is 0 Å². The Hall–Kier alpha value is -2.06. The Morgan fingerprint density at radius 3 is 2.33 bits per heavy atom. The zero-order chi connectivity index (χ0) is 15.4. The average molecular weight is 301 g/mol. The Balaban J connectivity index is 2.54. The lowest BCUT2D eigenvalue weighted by Crippen LogP contribution is -2.03. The summed E-state index contributed by atoms with van der Waals surface area (Å²) in [5, 5.41) is 9.78. The van der Waals surface area contributed by atoms with E-state index in [0.29, 0.717) is 10.6 Å². The van der Waals surface area contributed by atoms with Gasteiger partial charge in [-0.2, -0.15) is 0 Å². The summed E-state index contributed by atoms with van der Waals surface area (Å²) in [6, 6.07) is 15.6. The summed E-state index contributed by atoms with van der Waals surface area (Å²) in [5.41, 5.74) is 3.49. The van der Waals surface area contributed by atoms with Crippen molar-refractivity contribution in [3.05, 3.63) is 81.9 Å². The summed E-state index contributed by atoms with van der Waals surface area (Å²) in [6.45, 7) is 3.63. The molecule has 2 aromatic rings. The summed E-state index contributed by atoms with van der Waals surface area (Å²) < 4.78 is 0. The molecule has 1 N–H and O–H groups in total. The molecule has 0 aliphatic rings. The minimum Gasteiger partial charge on any atom is -0.478 e. The van der Waals surface area contributed by atoms with Crippen LogP contribution in [-0.4, -0.2) is 11.1 Å². The number of rotatable bonds is 4. The summed E-state index contributed by atoms with van der Waals surface area (Å²) in [4.78, 5) is 11.1. The molecule has 0 aliphatic heterocycles. The molecule has 0 bridgehead atoms. The molecule has 2 nitrogen and oxygen atoms in total. The molecule has 0 spiro atoms. The van der Waals surface area contributed by atoms with E-state index in [2.05, 4.69) is 6.07 Å². The highest BCUT2D eigenvalue weighted by atomic mass is 35.5. The lowest BCUT2D eigenvalue weighted by atomic mass is 9.89. The Labute approximate surface area is 129 Å². The Kier molecular flexibility index (Phi) is 4.81. The molecular formula is C18H17ClO2. The van der Waals surface area contributed by atoms with Crippen LogP contribution in [0.2, 0.25) is 5.02 Å². The van der Waals surface area contributed by atoms with Gasteiger partial charge in [0.25, 0.3) is 0 Å². The number of allylic oxidation sites excluding steroid dienone is 1. The van der Waals surface area contributed by atoms with E-state index in [-0.39, 0.29) is 5.92 Å². The fourth-order valence-electron chi connectivity index (χ4n) is 2.27. The van der Waals surface area contributed by atoms with Gasteiger partial charge in [0.2, 0.25) is 0 Å². The van der Waals surface area contributed by atoms with E-state index in [0.717, 1.165) is 16.7 Å². The van der Waals surface area contributed by atoms with Gasteiger partial charge in [0, 0.05) is 16.5 Å². The van der Waals surface area contributed by atoms with Gasteiger partial charge in [-0.1, -0.05) is 59.6 Å². The van der Waals surface area contributed by atoms with Crippen LogP contribution < -0.4 is 0 Å². The molecule has 3 heteroatoms. The molecule has 21 heavy (non-hydrogen) atoms. The van der Waals surface area contributed by atoms with Gasteiger partial charge in [0.1, 0.15) is 0 Å². The molecule has 0 saturated heterocycles. The number of carboxylic acids is 1. The lowest BCUT2D eigenvalue weighted by Gasteiger charge is -2.16. The number of carbonyl (C=O) groups is 1. The second kappa shape index (κ2) is 6.59. The van der Waals surface area contributed by atoms with Crippen LogP contribution in [-0.2, 0) is 4.79 Å². The van der Waals surface area contributed by atoms with Crippen LogP contribution in [0.25, 0.3) is 0 Å². The maximum atomic E-state index is 11.1. The molecule has 2 rings (SSSR count). The van der Waals surface area contributed by atoms with E-state index in [1.54, 1.807) is 13.0 Å². The van der Waals surface area contributed by atoms with Crippen molar-refractivity contribution in [3.8, 4) is 0 Å². The van der Waals surface area contributed by atoms with E-state index >= 15 is 0 Å². The minimum absolute atomic E-state index is 0.125. The molecule has 0 aliphatic carbocycles. The Morgan fingerprint density at radius 2 is 1.76 bits per heavy atom. The molecule has 0 fully saturated rings. The van der Waals surface area contributed by atoms with Crippen molar-refractivity contribution in [2.45, 2.75) is 19.8 Å². The van der Waals surface area contributed by atoms with E-state index in [4.69, 9.17) is 16.7 Å². The first-order valence-electron chi connectivity index (χ1n) is 6.71. The van der Waals surface area contributed by atoms with E-state index in [1.807, 2.05) is 49.4 Å². The van der Waals surface area contributed by atoms with Crippen molar-refractivity contribution in [3.63, 3.8) is 0 Å². The van der Waals surface area contributed by atoms with Crippen LogP contribution in [0, 0.1) is 6.92 Å². The topological polar surface area (TPSA) is 37.3 Å². The molecule has 2 aromatic carbocycles. The molecule has 0 heterocycles. The van der Waals surface area contributed by atoms with Gasteiger partial charge in [-0.15, -0.1) is 0 Å². The van der Waals surface area contributed by atoms with Crippen LogP contribution in [0.3, 0.4) is 0 Å². The van der Waals surface area contributed by atoms with E-state index in [1.165, 1.54) is 0 Å². The van der Waals surface area contributed by atoms with Gasteiger partial charge in [0.15, 0.2) is 0 Å². The number of halogens is 1. The number of aliphatic carboxylic acids is 1. The van der Waals surface area contributed by atoms with Crippen LogP contribution in [0.15, 0.2) is 60.2 Å². The maximum absolute atomic E-state index is 11.1. The average Bonchev–Trinajstić information content (AvgIpc) is 2.44. The monoisotopic (exact) mass is 300 g/mol. The maximum Gasteiger partial charge on any atom is 0.330 e. The van der Waals surface area contributed by atoms with Crippen molar-refractivity contribution < 1.29 is 9.90 Å². The normalized spacial score (nSPS) is 13.0. The summed E-state index contributed by atoms with van der Waals surface area (Å²) in [6.07, 6.45) is 1.77. The molecule has 0 saturated carbocycles. The third kappa shape index (κ3) is 3.96. The number of hydrogen-bond donors (Lipinski definition) is 1.